The fourth-order valence-electron chi connectivity index (χ4n) is 4.46. The molecule has 0 aliphatic rings. The van der Waals surface area contributed by atoms with E-state index in [4.69, 9.17) is 11.6 Å². The Labute approximate surface area is 279 Å². The first kappa shape index (κ1) is 34.8. The van der Waals surface area contributed by atoms with E-state index < -0.39 is 62.9 Å². The van der Waals surface area contributed by atoms with Gasteiger partial charge in [-0.2, -0.15) is 31.8 Å². The van der Waals surface area contributed by atoms with Crippen LogP contribution in [0.25, 0.3) is 10.8 Å². The van der Waals surface area contributed by atoms with E-state index in [9.17, 15) is 44.7 Å². The van der Waals surface area contributed by atoms with Crippen LogP contribution in [0.4, 0.5) is 34.6 Å². The van der Waals surface area contributed by atoms with Gasteiger partial charge in [-0.1, -0.05) is 24.3 Å². The van der Waals surface area contributed by atoms with Crippen molar-refractivity contribution in [3.63, 3.8) is 0 Å². The summed E-state index contributed by atoms with van der Waals surface area (Å²) in [5.74, 6) is -1.15. The molecule has 0 radical (unpaired) electrons. The predicted molar refractivity (Wildman–Crippen MR) is 177 cm³/mol. The highest BCUT2D eigenvalue weighted by Gasteiger charge is 2.28. The van der Waals surface area contributed by atoms with E-state index in [-0.39, 0.29) is 33.6 Å². The molecular formula is C27H24ClN7O10S3. The molecule has 0 saturated heterocycles. The molecule has 252 valence electrons. The van der Waals surface area contributed by atoms with E-state index in [1.165, 1.54) is 12.1 Å². The highest BCUT2D eigenvalue weighted by Crippen LogP contribution is 2.55. The number of para-hydroxylation sites is 1. The average Bonchev–Trinajstić information content (AvgIpc) is 2.99. The van der Waals surface area contributed by atoms with Gasteiger partial charge in [0, 0.05) is 18.1 Å². The molecule has 5 aromatic rings. The molecule has 0 aliphatic carbocycles. The smallest absolute Gasteiger partial charge is 0.296 e. The van der Waals surface area contributed by atoms with Crippen molar-refractivity contribution in [2.75, 3.05) is 17.3 Å². The van der Waals surface area contributed by atoms with Crippen molar-refractivity contribution < 1.29 is 44.7 Å². The molecule has 0 bridgehead atoms. The molecule has 48 heavy (non-hydrogen) atoms. The predicted octanol–water partition coefficient (Wildman–Crippen LogP) is 6.70. The molecular weight excluding hydrogens is 714 g/mol. The van der Waals surface area contributed by atoms with E-state index in [1.807, 2.05) is 0 Å². The van der Waals surface area contributed by atoms with Gasteiger partial charge in [0.15, 0.2) is 5.75 Å². The normalized spacial score (nSPS) is 12.8. The van der Waals surface area contributed by atoms with Gasteiger partial charge in [0.05, 0.1) is 15.5 Å². The second kappa shape index (κ2) is 12.8. The number of aromatic nitrogens is 3. The van der Waals surface area contributed by atoms with Gasteiger partial charge in [-0.25, -0.2) is 0 Å². The Bertz CT molecular complexity index is 2320. The lowest BCUT2D eigenvalue weighted by Gasteiger charge is -2.23. The molecule has 0 aliphatic heterocycles. The summed E-state index contributed by atoms with van der Waals surface area (Å²) in [7, 11) is -12.8. The van der Waals surface area contributed by atoms with Crippen LogP contribution in [-0.2, 0) is 20.2 Å². The Hall–Kier alpha value is -4.51. The molecule has 0 atom stereocenters. The number of nitrogens with one attached hydrogen (secondary N) is 1. The lowest BCUT2D eigenvalue weighted by molar-refractivity contribution is 0.375. The van der Waals surface area contributed by atoms with E-state index in [0.717, 1.165) is 24.3 Å². The van der Waals surface area contributed by atoms with Gasteiger partial charge in [-0.15, -0.1) is 10.2 Å². The molecule has 0 fully saturated rings. The highest BCUT2D eigenvalue weighted by atomic mass is 35.5. The van der Waals surface area contributed by atoms with Crippen LogP contribution in [0.15, 0.2) is 91.6 Å². The van der Waals surface area contributed by atoms with Crippen molar-refractivity contribution in [3.8, 4) is 5.75 Å². The number of anilines is 4. The van der Waals surface area contributed by atoms with Gasteiger partial charge >= 0.3 is 0 Å². The third-order valence-corrected chi connectivity index (χ3v) is 9.44. The van der Waals surface area contributed by atoms with Crippen molar-refractivity contribution in [1.82, 2.24) is 15.0 Å². The fraction of sp³-hybridized carbons (Fsp3) is 0.0741. The number of azo groups is 1. The van der Waals surface area contributed by atoms with Gasteiger partial charge in [0.1, 0.15) is 27.1 Å². The first-order valence-electron chi connectivity index (χ1n) is 13.1. The topological polar surface area (TPSA) is 268 Å². The Morgan fingerprint density at radius 1 is 0.812 bits per heavy atom. The van der Waals surface area contributed by atoms with Crippen LogP contribution in [0.2, 0.25) is 5.28 Å². The largest absolute Gasteiger partial charge is 0.505 e. The minimum absolute atomic E-state index is 0.0434. The number of aryl methyl sites for hydroxylation is 1. The fourth-order valence-corrected chi connectivity index (χ4v) is 6.55. The number of hydrogen-bond acceptors (Lipinski definition) is 15. The van der Waals surface area contributed by atoms with Gasteiger partial charge in [0.2, 0.25) is 17.2 Å². The summed E-state index contributed by atoms with van der Waals surface area (Å²) in [5, 5.41) is 20.9. The highest BCUT2D eigenvalue weighted by molar-refractivity contribution is 8.19. The first-order valence-corrected chi connectivity index (χ1v) is 17.9. The molecule has 1 heterocycles. The van der Waals surface area contributed by atoms with E-state index in [1.54, 1.807) is 49.2 Å². The summed E-state index contributed by atoms with van der Waals surface area (Å²) in [6.07, 6.45) is 0. The third-order valence-electron chi connectivity index (χ3n) is 6.65. The second-order valence-corrected chi connectivity index (χ2v) is 14.7. The maximum absolute atomic E-state index is 12.2. The zero-order valence-electron chi connectivity index (χ0n) is 24.5. The lowest BCUT2D eigenvalue weighted by Crippen LogP contribution is -2.15. The molecule has 0 unspecified atom stereocenters. The van der Waals surface area contributed by atoms with Crippen LogP contribution in [0.3, 0.4) is 0 Å². The van der Waals surface area contributed by atoms with E-state index in [2.05, 4.69) is 30.5 Å². The number of phenols is 1. The maximum atomic E-state index is 12.2. The Morgan fingerprint density at radius 3 is 2.12 bits per heavy atom. The lowest BCUT2D eigenvalue weighted by atomic mass is 10.1. The average molecular weight is 738 g/mol. The van der Waals surface area contributed by atoms with Crippen LogP contribution >= 0.6 is 22.5 Å². The second-order valence-electron chi connectivity index (χ2n) is 10.0. The molecule has 0 amide bonds. The van der Waals surface area contributed by atoms with E-state index in [0.29, 0.717) is 11.3 Å². The minimum atomic E-state index is -4.93. The summed E-state index contributed by atoms with van der Waals surface area (Å²) < 4.78 is 98.6. The number of hydrogen-bond donors (Lipinski definition) is 7. The van der Waals surface area contributed by atoms with Crippen LogP contribution in [-0.4, -0.2) is 66.7 Å². The Morgan fingerprint density at radius 2 is 1.50 bits per heavy atom. The van der Waals surface area contributed by atoms with Crippen LogP contribution in [0.1, 0.15) is 5.56 Å². The quantitative estimate of drug-likeness (QED) is 0.0613. The standard InChI is InChI=1S/C27H24ClN7O10S3/c1-14-8-9-18(20(10-14)47(40,41)42)33-34-23-21(48(43,44)45)12-15-11-17(46(37,38)39)13-19(22(15)24(23)36)29-26-30-25(28)31-27(32-26)35(2)16-6-4-3-5-7-16/h3-13,36,43-45H,1-2H3,(H,37,38,39)(H,40,41,42)(H,29,30,31,32). The number of rotatable bonds is 9. The molecule has 4 aromatic carbocycles. The molecule has 7 N–H and O–H groups in total. The number of nitrogens with zero attached hydrogens (tertiary/aromatic N) is 6. The number of fused-ring (bicyclic) bond motifs is 1. The van der Waals surface area contributed by atoms with Crippen molar-refractivity contribution in [2.45, 2.75) is 21.6 Å². The summed E-state index contributed by atoms with van der Waals surface area (Å²) in [5.41, 5.74) is -0.397. The summed E-state index contributed by atoms with van der Waals surface area (Å²) in [6.45, 7) is 1.54. The van der Waals surface area contributed by atoms with E-state index >= 15 is 0 Å². The summed E-state index contributed by atoms with van der Waals surface area (Å²) >= 11 is 6.17. The van der Waals surface area contributed by atoms with Gasteiger partial charge < -0.3 is 29.0 Å². The van der Waals surface area contributed by atoms with Gasteiger partial charge in [-0.3, -0.25) is 9.11 Å². The molecule has 0 spiro atoms. The van der Waals surface area contributed by atoms with Gasteiger partial charge in [-0.05, 0) is 71.9 Å². The SMILES string of the molecule is Cc1ccc(N=Nc2c(S(O)(O)O)cc3cc(S(=O)(=O)O)cc(Nc4nc(Cl)nc(N(C)c5ccccc5)n4)c3c2O)c(S(=O)(=O)O)c1. The molecule has 5 rings (SSSR count). The molecule has 17 nitrogen and oxygen atoms in total. The number of aromatic hydroxyl groups is 1. The number of halogens is 1. The monoisotopic (exact) mass is 737 g/mol. The van der Waals surface area contributed by atoms with Crippen LogP contribution < -0.4 is 10.2 Å². The Kier molecular flexibility index (Phi) is 9.31. The van der Waals surface area contributed by atoms with Crippen molar-refractivity contribution in [1.29, 1.82) is 0 Å². The summed E-state index contributed by atoms with van der Waals surface area (Å²) in [6, 6.07) is 15.2. The number of phenolic OH excluding ortho intramolecular Hbond substituents is 1. The minimum Gasteiger partial charge on any atom is -0.505 e. The van der Waals surface area contributed by atoms with Crippen LogP contribution in [0.5, 0.6) is 5.75 Å². The van der Waals surface area contributed by atoms with Crippen molar-refractivity contribution in [2.24, 2.45) is 10.2 Å². The van der Waals surface area contributed by atoms with Gasteiger partial charge in [0.25, 0.3) is 20.2 Å². The van der Waals surface area contributed by atoms with Crippen molar-refractivity contribution >= 4 is 88.1 Å². The molecule has 0 saturated carbocycles. The molecule has 21 heteroatoms. The van der Waals surface area contributed by atoms with Crippen LogP contribution in [0, 0.1) is 6.92 Å². The number of benzene rings is 4. The Balaban J connectivity index is 1.74. The summed E-state index contributed by atoms with van der Waals surface area (Å²) in [4.78, 5) is 11.7. The zero-order valence-corrected chi connectivity index (χ0v) is 27.7. The maximum Gasteiger partial charge on any atom is 0.296 e. The first-order chi connectivity index (χ1) is 22.3. The van der Waals surface area contributed by atoms with Crippen molar-refractivity contribution in [3.05, 3.63) is 77.6 Å². The third kappa shape index (κ3) is 7.46. The molecule has 1 aromatic heterocycles. The zero-order chi connectivity index (χ0) is 35.2.